The van der Waals surface area contributed by atoms with Gasteiger partial charge in [-0.25, -0.2) is 9.50 Å². The molecule has 0 N–H and O–H groups in total. The number of rotatable bonds is 3. The summed E-state index contributed by atoms with van der Waals surface area (Å²) in [6, 6.07) is 11.8. The number of fused-ring (bicyclic) bond motifs is 1. The van der Waals surface area contributed by atoms with E-state index in [9.17, 15) is 10.1 Å². The number of anilines is 1. The van der Waals surface area contributed by atoms with Gasteiger partial charge in [0.05, 0.1) is 11.9 Å². The predicted molar refractivity (Wildman–Crippen MR) is 105 cm³/mol. The van der Waals surface area contributed by atoms with Gasteiger partial charge in [-0.3, -0.25) is 4.79 Å². The Labute approximate surface area is 159 Å². The van der Waals surface area contributed by atoms with Crippen LogP contribution in [0.2, 0.25) is 0 Å². The molecule has 0 atom stereocenters. The smallest absolute Gasteiger partial charge is 0.232 e. The van der Waals surface area contributed by atoms with Crippen LogP contribution in [-0.2, 0) is 4.79 Å². The molecule has 0 saturated carbocycles. The molecule has 3 rings (SSSR count). The third-order valence-electron chi connectivity index (χ3n) is 4.32. The van der Waals surface area contributed by atoms with Crippen LogP contribution in [0.15, 0.2) is 42.7 Å². The molecule has 0 saturated heterocycles. The average molecular weight is 361 g/mol. The van der Waals surface area contributed by atoms with Gasteiger partial charge >= 0.3 is 0 Å². The molecule has 3 aromatic rings. The van der Waals surface area contributed by atoms with Gasteiger partial charge in [0.25, 0.3) is 0 Å². The highest BCUT2D eigenvalue weighted by Crippen LogP contribution is 2.29. The zero-order valence-electron chi connectivity index (χ0n) is 16.3. The first-order valence-electron chi connectivity index (χ1n) is 8.91. The molecule has 2 aromatic heterocycles. The quantitative estimate of drug-likeness (QED) is 0.705. The van der Waals surface area contributed by atoms with Crippen LogP contribution in [-0.4, -0.2) is 26.5 Å². The Morgan fingerprint density at radius 1 is 1.26 bits per heavy atom. The molecule has 0 fully saturated rings. The number of carbonyl (C=O) groups is 1. The molecule has 0 aliphatic rings. The highest BCUT2D eigenvalue weighted by atomic mass is 16.2. The fraction of sp³-hybridized carbons (Fsp3) is 0.333. The van der Waals surface area contributed by atoms with E-state index in [-0.39, 0.29) is 11.9 Å². The van der Waals surface area contributed by atoms with Crippen molar-refractivity contribution in [3.63, 3.8) is 0 Å². The fourth-order valence-corrected chi connectivity index (χ4v) is 3.02. The van der Waals surface area contributed by atoms with E-state index in [0.717, 1.165) is 16.9 Å². The van der Waals surface area contributed by atoms with Crippen LogP contribution < -0.4 is 4.90 Å². The number of hydrogen-bond acceptors (Lipinski definition) is 4. The SMILES string of the molecule is CC(C)N(C(=O)C(C)(C)C)c1cccc(-c2ccnc3c(C#N)cnn23)c1. The summed E-state index contributed by atoms with van der Waals surface area (Å²) in [6.07, 6.45) is 3.18. The van der Waals surface area contributed by atoms with Crippen molar-refractivity contribution in [2.24, 2.45) is 5.41 Å². The Balaban J connectivity index is 2.13. The van der Waals surface area contributed by atoms with Crippen LogP contribution in [0.1, 0.15) is 40.2 Å². The minimum atomic E-state index is -0.478. The van der Waals surface area contributed by atoms with Crippen molar-refractivity contribution >= 4 is 17.2 Å². The first-order valence-corrected chi connectivity index (χ1v) is 8.91. The highest BCUT2D eigenvalue weighted by Gasteiger charge is 2.30. The number of carbonyl (C=O) groups excluding carboxylic acids is 1. The second-order valence-corrected chi connectivity index (χ2v) is 7.80. The Morgan fingerprint density at radius 2 is 2.00 bits per heavy atom. The second kappa shape index (κ2) is 6.84. The molecule has 2 heterocycles. The zero-order valence-corrected chi connectivity index (χ0v) is 16.3. The lowest BCUT2D eigenvalue weighted by atomic mass is 9.93. The Hall–Kier alpha value is -3.20. The lowest BCUT2D eigenvalue weighted by molar-refractivity contribution is -0.126. The van der Waals surface area contributed by atoms with Crippen LogP contribution in [0, 0.1) is 16.7 Å². The van der Waals surface area contributed by atoms with Crippen LogP contribution in [0.5, 0.6) is 0 Å². The number of nitrogens with zero attached hydrogens (tertiary/aromatic N) is 5. The van der Waals surface area contributed by atoms with Gasteiger partial charge in [-0.15, -0.1) is 0 Å². The molecule has 0 unspecified atom stereocenters. The summed E-state index contributed by atoms with van der Waals surface area (Å²) in [4.78, 5) is 19.1. The summed E-state index contributed by atoms with van der Waals surface area (Å²) >= 11 is 0. The van der Waals surface area contributed by atoms with Crippen LogP contribution >= 0.6 is 0 Å². The Morgan fingerprint density at radius 3 is 2.63 bits per heavy atom. The maximum absolute atomic E-state index is 13.0. The molecule has 6 nitrogen and oxygen atoms in total. The van der Waals surface area contributed by atoms with Crippen molar-refractivity contribution in [1.29, 1.82) is 5.26 Å². The molecule has 0 aliphatic carbocycles. The van der Waals surface area contributed by atoms with Gasteiger partial charge in [0.2, 0.25) is 5.91 Å². The van der Waals surface area contributed by atoms with Gasteiger partial charge in [0.1, 0.15) is 11.6 Å². The fourth-order valence-electron chi connectivity index (χ4n) is 3.02. The summed E-state index contributed by atoms with van der Waals surface area (Å²) in [5, 5.41) is 13.5. The zero-order chi connectivity index (χ0) is 19.8. The van der Waals surface area contributed by atoms with Crippen molar-refractivity contribution in [1.82, 2.24) is 14.6 Å². The van der Waals surface area contributed by atoms with E-state index < -0.39 is 5.41 Å². The van der Waals surface area contributed by atoms with Gasteiger partial charge in [-0.2, -0.15) is 10.4 Å². The van der Waals surface area contributed by atoms with Crippen LogP contribution in [0.3, 0.4) is 0 Å². The third kappa shape index (κ3) is 3.41. The Kier molecular flexibility index (Phi) is 4.71. The van der Waals surface area contributed by atoms with Crippen molar-refractivity contribution < 1.29 is 4.79 Å². The topological polar surface area (TPSA) is 74.3 Å². The maximum Gasteiger partial charge on any atom is 0.232 e. The molecule has 27 heavy (non-hydrogen) atoms. The molecular weight excluding hydrogens is 338 g/mol. The van der Waals surface area contributed by atoms with E-state index >= 15 is 0 Å². The molecule has 6 heteroatoms. The van der Waals surface area contributed by atoms with Crippen LogP contribution in [0.25, 0.3) is 16.9 Å². The minimum Gasteiger partial charge on any atom is -0.309 e. The summed E-state index contributed by atoms with van der Waals surface area (Å²) in [7, 11) is 0. The lowest BCUT2D eigenvalue weighted by Gasteiger charge is -2.33. The molecule has 1 aromatic carbocycles. The van der Waals surface area contributed by atoms with E-state index in [2.05, 4.69) is 16.2 Å². The molecule has 0 spiro atoms. The summed E-state index contributed by atoms with van der Waals surface area (Å²) in [6.45, 7) is 9.79. The number of benzene rings is 1. The first kappa shape index (κ1) is 18.6. The number of amides is 1. The molecule has 0 aliphatic heterocycles. The number of nitriles is 1. The third-order valence-corrected chi connectivity index (χ3v) is 4.32. The standard InChI is InChI=1S/C21H23N5O/c1-14(2)25(20(27)21(3,4)5)17-8-6-7-15(11-17)18-9-10-23-19-16(12-22)13-24-26(18)19/h6-11,13-14H,1-5H3. The monoisotopic (exact) mass is 361 g/mol. The van der Waals surface area contributed by atoms with E-state index in [0.29, 0.717) is 11.2 Å². The van der Waals surface area contributed by atoms with Gasteiger partial charge in [-0.1, -0.05) is 32.9 Å². The van der Waals surface area contributed by atoms with Crippen molar-refractivity contribution in [2.45, 2.75) is 40.7 Å². The molecule has 0 bridgehead atoms. The summed E-state index contributed by atoms with van der Waals surface area (Å²) < 4.78 is 1.66. The van der Waals surface area contributed by atoms with Crippen LogP contribution in [0.4, 0.5) is 5.69 Å². The van der Waals surface area contributed by atoms with Gasteiger partial charge in [-0.05, 0) is 32.0 Å². The molecule has 1 amide bonds. The summed E-state index contributed by atoms with van der Waals surface area (Å²) in [5.41, 5.74) is 3.02. The van der Waals surface area contributed by atoms with Gasteiger partial charge in [0.15, 0.2) is 5.65 Å². The van der Waals surface area contributed by atoms with Crippen molar-refractivity contribution in [2.75, 3.05) is 4.90 Å². The largest absolute Gasteiger partial charge is 0.309 e. The van der Waals surface area contributed by atoms with Gasteiger partial charge in [0, 0.05) is 28.9 Å². The van der Waals surface area contributed by atoms with E-state index in [4.69, 9.17) is 0 Å². The van der Waals surface area contributed by atoms with Crippen molar-refractivity contribution in [3.05, 3.63) is 48.3 Å². The van der Waals surface area contributed by atoms with Crippen molar-refractivity contribution in [3.8, 4) is 17.3 Å². The van der Waals surface area contributed by atoms with E-state index in [1.54, 1.807) is 10.7 Å². The predicted octanol–water partition coefficient (Wildman–Crippen LogP) is 4.06. The lowest BCUT2D eigenvalue weighted by Crippen LogP contribution is -2.43. The van der Waals surface area contributed by atoms with E-state index in [1.807, 2.05) is 69.9 Å². The van der Waals surface area contributed by atoms with E-state index in [1.165, 1.54) is 6.20 Å². The number of hydrogen-bond donors (Lipinski definition) is 0. The molecule has 138 valence electrons. The molecule has 0 radical (unpaired) electrons. The number of aromatic nitrogens is 3. The first-order chi connectivity index (χ1) is 12.7. The van der Waals surface area contributed by atoms with Gasteiger partial charge < -0.3 is 4.90 Å². The Bertz CT molecular complexity index is 1040. The maximum atomic E-state index is 13.0. The second-order valence-electron chi connectivity index (χ2n) is 7.80. The summed E-state index contributed by atoms with van der Waals surface area (Å²) in [5.74, 6) is 0.0698. The minimum absolute atomic E-state index is 0.0272. The average Bonchev–Trinajstić information content (AvgIpc) is 3.04. The molecular formula is C21H23N5O. The normalized spacial score (nSPS) is 11.6. The highest BCUT2D eigenvalue weighted by molar-refractivity contribution is 5.97.